The second-order valence-electron chi connectivity index (χ2n) is 3.88. The van der Waals surface area contributed by atoms with Crippen molar-refractivity contribution in [3.63, 3.8) is 0 Å². The Morgan fingerprint density at radius 1 is 1.22 bits per heavy atom. The van der Waals surface area contributed by atoms with Crippen molar-refractivity contribution < 1.29 is 9.50 Å². The molecule has 1 heterocycles. The Morgan fingerprint density at radius 2 is 2.00 bits per heavy atom. The molecule has 0 spiro atoms. The van der Waals surface area contributed by atoms with Crippen molar-refractivity contribution in [3.05, 3.63) is 63.6 Å². The van der Waals surface area contributed by atoms with Crippen LogP contribution in [0.15, 0.2) is 36.5 Å². The summed E-state index contributed by atoms with van der Waals surface area (Å²) in [5.74, 6) is -0.492. The summed E-state index contributed by atoms with van der Waals surface area (Å²) in [6.45, 7) is 0. The lowest BCUT2D eigenvalue weighted by atomic mass is 10.0. The predicted molar refractivity (Wildman–Crippen MR) is 69.3 cm³/mol. The van der Waals surface area contributed by atoms with Gasteiger partial charge in [0.25, 0.3) is 0 Å². The number of aromatic nitrogens is 1. The minimum atomic E-state index is -0.758. The molecule has 1 atom stereocenters. The number of hydrogen-bond acceptors (Lipinski definition) is 2. The Kier molecular flexibility index (Phi) is 4.17. The molecule has 0 bridgehead atoms. The molecule has 2 rings (SSSR count). The molecule has 1 N–H and O–H groups in total. The van der Waals surface area contributed by atoms with Gasteiger partial charge in [0, 0.05) is 12.6 Å². The summed E-state index contributed by atoms with van der Waals surface area (Å²) in [6.07, 6.45) is 1.05. The summed E-state index contributed by atoms with van der Waals surface area (Å²) in [7, 11) is 0. The zero-order chi connectivity index (χ0) is 13.1. The van der Waals surface area contributed by atoms with Crippen LogP contribution in [0.1, 0.15) is 17.2 Å². The summed E-state index contributed by atoms with van der Waals surface area (Å²) in [5, 5.41) is 10.4. The highest BCUT2D eigenvalue weighted by atomic mass is 35.5. The van der Waals surface area contributed by atoms with Crippen LogP contribution in [-0.4, -0.2) is 10.1 Å². The molecule has 0 saturated heterocycles. The molecule has 0 amide bonds. The standard InChI is InChI=1S/C13H10Cl2FNO/c14-10-2-1-8(5-11(10)16)6-12(18)9-3-4-17-13(15)7-9/h1-5,7,12,18H,6H2. The van der Waals surface area contributed by atoms with E-state index in [0.29, 0.717) is 16.3 Å². The maximum absolute atomic E-state index is 13.3. The van der Waals surface area contributed by atoms with Crippen LogP contribution in [0, 0.1) is 5.82 Å². The molecule has 18 heavy (non-hydrogen) atoms. The van der Waals surface area contributed by atoms with Gasteiger partial charge in [-0.05, 0) is 35.4 Å². The third-order valence-corrected chi connectivity index (χ3v) is 3.06. The summed E-state index contributed by atoms with van der Waals surface area (Å²) in [6, 6.07) is 7.71. The smallest absolute Gasteiger partial charge is 0.142 e. The maximum atomic E-state index is 13.3. The van der Waals surface area contributed by atoms with Crippen molar-refractivity contribution in [2.45, 2.75) is 12.5 Å². The molecule has 2 aromatic rings. The molecule has 1 aromatic heterocycles. The summed E-state index contributed by atoms with van der Waals surface area (Å²) < 4.78 is 13.3. The number of pyridine rings is 1. The first-order chi connectivity index (χ1) is 8.56. The molecule has 0 radical (unpaired) electrons. The summed E-state index contributed by atoms with van der Waals surface area (Å²) >= 11 is 11.3. The van der Waals surface area contributed by atoms with E-state index in [1.165, 1.54) is 18.3 Å². The first-order valence-corrected chi connectivity index (χ1v) is 6.05. The van der Waals surface area contributed by atoms with Gasteiger partial charge in [0.2, 0.25) is 0 Å². The minimum Gasteiger partial charge on any atom is -0.388 e. The van der Waals surface area contributed by atoms with E-state index in [1.54, 1.807) is 18.2 Å². The summed E-state index contributed by atoms with van der Waals surface area (Å²) in [5.41, 5.74) is 1.31. The number of hydrogen-bond donors (Lipinski definition) is 1. The molecule has 0 aliphatic carbocycles. The number of nitrogens with zero attached hydrogens (tertiary/aromatic N) is 1. The van der Waals surface area contributed by atoms with Crippen LogP contribution < -0.4 is 0 Å². The number of aliphatic hydroxyl groups is 1. The van der Waals surface area contributed by atoms with E-state index in [-0.39, 0.29) is 11.4 Å². The molecular formula is C13H10Cl2FNO. The molecule has 0 fully saturated rings. The largest absolute Gasteiger partial charge is 0.388 e. The Balaban J connectivity index is 2.16. The Hall–Kier alpha value is -1.16. The van der Waals surface area contributed by atoms with Crippen LogP contribution in [0.4, 0.5) is 4.39 Å². The number of halogens is 3. The van der Waals surface area contributed by atoms with Gasteiger partial charge >= 0.3 is 0 Å². The lowest BCUT2D eigenvalue weighted by Crippen LogP contribution is -2.02. The zero-order valence-electron chi connectivity index (χ0n) is 9.28. The Labute approximate surface area is 114 Å². The highest BCUT2D eigenvalue weighted by Gasteiger charge is 2.10. The number of rotatable bonds is 3. The average Bonchev–Trinajstić information content (AvgIpc) is 2.34. The fourth-order valence-electron chi connectivity index (χ4n) is 1.63. The Bertz CT molecular complexity index is 562. The molecule has 1 aromatic carbocycles. The topological polar surface area (TPSA) is 33.1 Å². The second kappa shape index (κ2) is 5.65. The minimum absolute atomic E-state index is 0.0696. The van der Waals surface area contributed by atoms with E-state index in [1.807, 2.05) is 0 Å². The molecule has 1 unspecified atom stereocenters. The van der Waals surface area contributed by atoms with Crippen molar-refractivity contribution in [1.82, 2.24) is 4.98 Å². The van der Waals surface area contributed by atoms with Gasteiger partial charge in [-0.2, -0.15) is 0 Å². The van der Waals surface area contributed by atoms with Gasteiger partial charge in [-0.15, -0.1) is 0 Å². The first kappa shape index (κ1) is 13.3. The van der Waals surface area contributed by atoms with E-state index in [4.69, 9.17) is 23.2 Å². The fourth-order valence-corrected chi connectivity index (χ4v) is 1.93. The fraction of sp³-hybridized carbons (Fsp3) is 0.154. The molecule has 94 valence electrons. The van der Waals surface area contributed by atoms with Gasteiger partial charge in [0.1, 0.15) is 11.0 Å². The molecule has 5 heteroatoms. The monoisotopic (exact) mass is 285 g/mol. The third kappa shape index (κ3) is 3.19. The molecule has 2 nitrogen and oxygen atoms in total. The van der Waals surface area contributed by atoms with Crippen molar-refractivity contribution in [2.75, 3.05) is 0 Å². The van der Waals surface area contributed by atoms with Gasteiger partial charge in [0.15, 0.2) is 0 Å². The lowest BCUT2D eigenvalue weighted by molar-refractivity contribution is 0.178. The van der Waals surface area contributed by atoms with Gasteiger partial charge in [-0.3, -0.25) is 0 Å². The highest BCUT2D eigenvalue weighted by molar-refractivity contribution is 6.30. The van der Waals surface area contributed by atoms with Crippen molar-refractivity contribution in [1.29, 1.82) is 0 Å². The van der Waals surface area contributed by atoms with Crippen molar-refractivity contribution in [3.8, 4) is 0 Å². The normalized spacial score (nSPS) is 12.4. The van der Waals surface area contributed by atoms with E-state index in [2.05, 4.69) is 4.98 Å². The zero-order valence-corrected chi connectivity index (χ0v) is 10.8. The van der Waals surface area contributed by atoms with Crippen LogP contribution in [0.3, 0.4) is 0 Å². The molecule has 0 saturated carbocycles. The van der Waals surface area contributed by atoms with E-state index in [9.17, 15) is 9.50 Å². The van der Waals surface area contributed by atoms with Gasteiger partial charge in [-0.1, -0.05) is 29.3 Å². The highest BCUT2D eigenvalue weighted by Crippen LogP contribution is 2.22. The van der Waals surface area contributed by atoms with Gasteiger partial charge < -0.3 is 5.11 Å². The van der Waals surface area contributed by atoms with Crippen LogP contribution >= 0.6 is 23.2 Å². The van der Waals surface area contributed by atoms with Crippen LogP contribution in [0.5, 0.6) is 0 Å². The first-order valence-electron chi connectivity index (χ1n) is 5.29. The third-order valence-electron chi connectivity index (χ3n) is 2.55. The molecular weight excluding hydrogens is 276 g/mol. The molecule has 0 aliphatic heterocycles. The quantitative estimate of drug-likeness (QED) is 0.870. The summed E-state index contributed by atoms with van der Waals surface area (Å²) in [4.78, 5) is 3.83. The maximum Gasteiger partial charge on any atom is 0.142 e. The van der Waals surface area contributed by atoms with Crippen molar-refractivity contribution in [2.24, 2.45) is 0 Å². The lowest BCUT2D eigenvalue weighted by Gasteiger charge is -2.11. The Morgan fingerprint density at radius 3 is 2.67 bits per heavy atom. The number of benzene rings is 1. The van der Waals surface area contributed by atoms with Crippen LogP contribution in [0.2, 0.25) is 10.2 Å². The number of aliphatic hydroxyl groups excluding tert-OH is 1. The average molecular weight is 286 g/mol. The van der Waals surface area contributed by atoms with Gasteiger partial charge in [0.05, 0.1) is 11.1 Å². The molecule has 0 aliphatic rings. The van der Waals surface area contributed by atoms with E-state index in [0.717, 1.165) is 0 Å². The van der Waals surface area contributed by atoms with Crippen molar-refractivity contribution >= 4 is 23.2 Å². The van der Waals surface area contributed by atoms with Crippen LogP contribution in [0.25, 0.3) is 0 Å². The SMILES string of the molecule is OC(Cc1ccc(Cl)c(F)c1)c1ccnc(Cl)c1. The van der Waals surface area contributed by atoms with Crippen LogP contribution in [-0.2, 0) is 6.42 Å². The predicted octanol–water partition coefficient (Wildman–Crippen LogP) is 3.80. The van der Waals surface area contributed by atoms with Gasteiger partial charge in [-0.25, -0.2) is 9.37 Å². The van der Waals surface area contributed by atoms with E-state index >= 15 is 0 Å². The second-order valence-corrected chi connectivity index (χ2v) is 4.67. The van der Waals surface area contributed by atoms with E-state index < -0.39 is 11.9 Å².